The average molecular weight is 337 g/mol. The number of aliphatic hydroxyl groups excluding tert-OH is 1. The van der Waals surface area contributed by atoms with Crippen molar-refractivity contribution in [3.05, 3.63) is 33.3 Å². The molecule has 0 amide bonds. The third-order valence-electron chi connectivity index (χ3n) is 2.97. The number of halogens is 1. The number of hydrogen-bond acceptors (Lipinski definition) is 5. The summed E-state index contributed by atoms with van der Waals surface area (Å²) in [6.07, 6.45) is 0.240. The standard InChI is InChI=1S/C12H17ClN2O5S/c1-8(2)11(5-6-16)14-21(19,20)12-7-9(15(17)18)3-4-10(12)13/h3-4,7-8,11,14,16H,5-6H2,1-2H3. The fourth-order valence-corrected chi connectivity index (χ4v) is 3.68. The molecule has 0 aliphatic heterocycles. The van der Waals surface area contributed by atoms with Crippen LogP contribution < -0.4 is 4.72 Å². The van der Waals surface area contributed by atoms with Crippen LogP contribution in [-0.4, -0.2) is 31.1 Å². The molecule has 1 aromatic carbocycles. The zero-order valence-electron chi connectivity index (χ0n) is 11.6. The van der Waals surface area contributed by atoms with E-state index in [1.807, 2.05) is 0 Å². The molecule has 0 aromatic heterocycles. The first-order valence-corrected chi connectivity index (χ1v) is 8.12. The molecule has 2 N–H and O–H groups in total. The molecular formula is C12H17ClN2O5S. The second-order valence-corrected chi connectivity index (χ2v) is 6.95. The van der Waals surface area contributed by atoms with E-state index in [2.05, 4.69) is 4.72 Å². The molecule has 1 rings (SSSR count). The fraction of sp³-hybridized carbons (Fsp3) is 0.500. The summed E-state index contributed by atoms with van der Waals surface area (Å²) >= 11 is 5.83. The highest BCUT2D eigenvalue weighted by Crippen LogP contribution is 2.26. The van der Waals surface area contributed by atoms with Crippen LogP contribution in [0.5, 0.6) is 0 Å². The van der Waals surface area contributed by atoms with Crippen LogP contribution >= 0.6 is 11.6 Å². The lowest BCUT2D eigenvalue weighted by atomic mass is 10.0. The van der Waals surface area contributed by atoms with Crippen molar-refractivity contribution in [2.75, 3.05) is 6.61 Å². The van der Waals surface area contributed by atoms with Crippen LogP contribution in [0.1, 0.15) is 20.3 Å². The normalized spacial score (nSPS) is 13.4. The van der Waals surface area contributed by atoms with Crippen LogP contribution in [0.15, 0.2) is 23.1 Å². The van der Waals surface area contributed by atoms with Crippen LogP contribution in [-0.2, 0) is 10.0 Å². The minimum absolute atomic E-state index is 0.0515. The summed E-state index contributed by atoms with van der Waals surface area (Å²) in [5, 5.41) is 19.6. The summed E-state index contributed by atoms with van der Waals surface area (Å²) in [6.45, 7) is 3.43. The predicted octanol–water partition coefficient (Wildman–Crippen LogP) is 1.93. The summed E-state index contributed by atoms with van der Waals surface area (Å²) in [5.74, 6) is -0.0515. The Morgan fingerprint density at radius 1 is 1.43 bits per heavy atom. The van der Waals surface area contributed by atoms with Crippen LogP contribution in [0.4, 0.5) is 5.69 Å². The highest BCUT2D eigenvalue weighted by molar-refractivity contribution is 7.89. The smallest absolute Gasteiger partial charge is 0.270 e. The monoisotopic (exact) mass is 336 g/mol. The van der Waals surface area contributed by atoms with Crippen LogP contribution in [0.25, 0.3) is 0 Å². The molecular weight excluding hydrogens is 320 g/mol. The number of non-ortho nitro benzene ring substituents is 1. The Hall–Kier alpha value is -1.22. The van der Waals surface area contributed by atoms with Gasteiger partial charge in [-0.05, 0) is 18.4 Å². The van der Waals surface area contributed by atoms with E-state index in [1.165, 1.54) is 6.07 Å². The topological polar surface area (TPSA) is 110 Å². The minimum Gasteiger partial charge on any atom is -0.396 e. The second-order valence-electron chi connectivity index (χ2n) is 4.86. The molecule has 0 saturated carbocycles. The van der Waals surface area contributed by atoms with Crippen molar-refractivity contribution >= 4 is 27.3 Å². The summed E-state index contributed by atoms with van der Waals surface area (Å²) < 4.78 is 27.1. The number of hydrogen-bond donors (Lipinski definition) is 2. The third kappa shape index (κ3) is 4.63. The lowest BCUT2D eigenvalue weighted by molar-refractivity contribution is -0.385. The molecule has 0 bridgehead atoms. The van der Waals surface area contributed by atoms with Crippen LogP contribution in [0.2, 0.25) is 5.02 Å². The van der Waals surface area contributed by atoms with E-state index in [-0.39, 0.29) is 34.6 Å². The van der Waals surface area contributed by atoms with Crippen molar-refractivity contribution in [3.63, 3.8) is 0 Å². The highest BCUT2D eigenvalue weighted by Gasteiger charge is 2.26. The third-order valence-corrected chi connectivity index (χ3v) is 4.94. The lowest BCUT2D eigenvalue weighted by Gasteiger charge is -2.21. The van der Waals surface area contributed by atoms with Gasteiger partial charge in [0, 0.05) is 24.8 Å². The van der Waals surface area contributed by atoms with Gasteiger partial charge in [-0.15, -0.1) is 0 Å². The van der Waals surface area contributed by atoms with Crippen molar-refractivity contribution in [1.82, 2.24) is 4.72 Å². The number of nitro benzene ring substituents is 1. The van der Waals surface area contributed by atoms with E-state index < -0.39 is 21.0 Å². The molecule has 0 heterocycles. The first-order valence-electron chi connectivity index (χ1n) is 6.26. The molecule has 1 atom stereocenters. The molecule has 21 heavy (non-hydrogen) atoms. The van der Waals surface area contributed by atoms with Gasteiger partial charge >= 0.3 is 0 Å². The number of nitrogens with zero attached hydrogens (tertiary/aromatic N) is 1. The van der Waals surface area contributed by atoms with E-state index in [0.717, 1.165) is 12.1 Å². The van der Waals surface area contributed by atoms with Gasteiger partial charge in [-0.2, -0.15) is 0 Å². The summed E-state index contributed by atoms with van der Waals surface area (Å²) in [4.78, 5) is 9.70. The first-order chi connectivity index (χ1) is 9.69. The SMILES string of the molecule is CC(C)C(CCO)NS(=O)(=O)c1cc([N+](=O)[O-])ccc1Cl. The summed E-state index contributed by atoms with van der Waals surface area (Å²) in [7, 11) is -4.01. The lowest BCUT2D eigenvalue weighted by Crippen LogP contribution is -2.39. The van der Waals surface area contributed by atoms with Gasteiger partial charge in [-0.25, -0.2) is 13.1 Å². The summed E-state index contributed by atoms with van der Waals surface area (Å²) in [5.41, 5.74) is -0.358. The number of rotatable bonds is 7. The van der Waals surface area contributed by atoms with E-state index in [4.69, 9.17) is 16.7 Å². The molecule has 0 fully saturated rings. The largest absolute Gasteiger partial charge is 0.396 e. The van der Waals surface area contributed by atoms with Crippen molar-refractivity contribution in [1.29, 1.82) is 0 Å². The molecule has 1 unspecified atom stereocenters. The molecule has 0 saturated heterocycles. The van der Waals surface area contributed by atoms with Gasteiger partial charge in [0.1, 0.15) is 4.90 Å². The summed E-state index contributed by atoms with van der Waals surface area (Å²) in [6, 6.07) is 2.73. The van der Waals surface area contributed by atoms with E-state index >= 15 is 0 Å². The Morgan fingerprint density at radius 2 is 2.05 bits per heavy atom. The van der Waals surface area contributed by atoms with Gasteiger partial charge < -0.3 is 5.11 Å². The number of aliphatic hydroxyl groups is 1. The van der Waals surface area contributed by atoms with Crippen molar-refractivity contribution in [2.45, 2.75) is 31.2 Å². The molecule has 1 aromatic rings. The van der Waals surface area contributed by atoms with Crippen molar-refractivity contribution in [2.24, 2.45) is 5.92 Å². The van der Waals surface area contributed by atoms with E-state index in [1.54, 1.807) is 13.8 Å². The molecule has 0 aliphatic carbocycles. The molecule has 7 nitrogen and oxygen atoms in total. The van der Waals surface area contributed by atoms with Crippen LogP contribution in [0, 0.1) is 16.0 Å². The average Bonchev–Trinajstić information content (AvgIpc) is 2.37. The van der Waals surface area contributed by atoms with Gasteiger partial charge in [-0.3, -0.25) is 10.1 Å². The van der Waals surface area contributed by atoms with Gasteiger partial charge in [0.2, 0.25) is 10.0 Å². The number of nitrogens with one attached hydrogen (secondary N) is 1. The van der Waals surface area contributed by atoms with Gasteiger partial charge in [0.15, 0.2) is 0 Å². The first kappa shape index (κ1) is 17.8. The molecule has 0 spiro atoms. The van der Waals surface area contributed by atoms with Gasteiger partial charge in [0.25, 0.3) is 5.69 Å². The Labute approximate surface area is 128 Å². The van der Waals surface area contributed by atoms with Gasteiger partial charge in [0.05, 0.1) is 9.95 Å². The number of sulfonamides is 1. The zero-order chi connectivity index (χ0) is 16.2. The number of nitro groups is 1. The maximum Gasteiger partial charge on any atom is 0.270 e. The zero-order valence-corrected chi connectivity index (χ0v) is 13.2. The van der Waals surface area contributed by atoms with Gasteiger partial charge in [-0.1, -0.05) is 25.4 Å². The molecule has 0 radical (unpaired) electrons. The quantitative estimate of drug-likeness (QED) is 0.584. The van der Waals surface area contributed by atoms with Crippen molar-refractivity contribution < 1.29 is 18.4 Å². The maximum absolute atomic E-state index is 12.3. The second kappa shape index (κ2) is 7.17. The molecule has 118 valence electrons. The molecule has 0 aliphatic rings. The highest BCUT2D eigenvalue weighted by atomic mass is 35.5. The molecule has 9 heteroatoms. The Kier molecular flexibility index (Phi) is 6.09. The fourth-order valence-electron chi connectivity index (χ4n) is 1.74. The Balaban J connectivity index is 3.18. The maximum atomic E-state index is 12.3. The van der Waals surface area contributed by atoms with E-state index in [0.29, 0.717) is 0 Å². The van der Waals surface area contributed by atoms with Crippen molar-refractivity contribution in [3.8, 4) is 0 Å². The van der Waals surface area contributed by atoms with Crippen LogP contribution in [0.3, 0.4) is 0 Å². The Morgan fingerprint density at radius 3 is 2.52 bits per heavy atom. The Bertz CT molecular complexity index is 618. The predicted molar refractivity (Wildman–Crippen MR) is 78.8 cm³/mol. The minimum atomic E-state index is -4.01. The number of benzene rings is 1. The van der Waals surface area contributed by atoms with E-state index in [9.17, 15) is 18.5 Å².